The molecule has 0 aliphatic heterocycles. The molecule has 0 aliphatic rings. The third-order valence-corrected chi connectivity index (χ3v) is 3.97. The van der Waals surface area contributed by atoms with Crippen molar-refractivity contribution in [2.75, 3.05) is 5.32 Å². The minimum absolute atomic E-state index is 0. The summed E-state index contributed by atoms with van der Waals surface area (Å²) in [5, 5.41) is 7.40. The molecule has 1 N–H and O–H groups in total. The van der Waals surface area contributed by atoms with Crippen molar-refractivity contribution in [3.8, 4) is 0 Å². The molecule has 0 spiro atoms. The van der Waals surface area contributed by atoms with E-state index in [4.69, 9.17) is 11.6 Å². The molecular formula is C13H10Cl2N2S. The van der Waals surface area contributed by atoms with Crippen LogP contribution in [-0.4, -0.2) is 4.98 Å². The van der Waals surface area contributed by atoms with Gasteiger partial charge in [0.2, 0.25) is 0 Å². The fourth-order valence-corrected chi connectivity index (χ4v) is 2.92. The highest BCUT2D eigenvalue weighted by Crippen LogP contribution is 2.36. The number of nitrogens with zero attached hydrogens (tertiary/aromatic N) is 1. The topological polar surface area (TPSA) is 24.9 Å². The van der Waals surface area contributed by atoms with E-state index in [-0.39, 0.29) is 12.4 Å². The van der Waals surface area contributed by atoms with Crippen LogP contribution in [0.3, 0.4) is 0 Å². The van der Waals surface area contributed by atoms with Crippen molar-refractivity contribution in [3.05, 3.63) is 53.1 Å². The van der Waals surface area contributed by atoms with Crippen LogP contribution in [0, 0.1) is 0 Å². The Balaban J connectivity index is 0.00000120. The van der Waals surface area contributed by atoms with Crippen LogP contribution in [0.15, 0.2) is 48.1 Å². The van der Waals surface area contributed by atoms with Gasteiger partial charge in [0, 0.05) is 28.8 Å². The lowest BCUT2D eigenvalue weighted by Crippen LogP contribution is -1.88. The molecule has 0 fully saturated rings. The number of thiophene rings is 1. The van der Waals surface area contributed by atoms with Crippen molar-refractivity contribution >= 4 is 56.8 Å². The largest absolute Gasteiger partial charge is 0.354 e. The van der Waals surface area contributed by atoms with Gasteiger partial charge in [-0.05, 0) is 18.2 Å². The highest BCUT2D eigenvalue weighted by molar-refractivity contribution is 7.18. The summed E-state index contributed by atoms with van der Waals surface area (Å²) in [6, 6.07) is 9.83. The Morgan fingerprint density at radius 2 is 1.89 bits per heavy atom. The summed E-state index contributed by atoms with van der Waals surface area (Å²) in [6.45, 7) is 0. The maximum absolute atomic E-state index is 6.15. The lowest BCUT2D eigenvalue weighted by atomic mass is 10.2. The molecule has 0 saturated carbocycles. The van der Waals surface area contributed by atoms with Gasteiger partial charge in [-0.1, -0.05) is 23.7 Å². The van der Waals surface area contributed by atoms with E-state index in [1.54, 1.807) is 23.7 Å². The van der Waals surface area contributed by atoms with Crippen LogP contribution in [0.1, 0.15) is 0 Å². The second-order valence-electron chi connectivity index (χ2n) is 3.63. The number of fused-ring (bicyclic) bond motifs is 1. The van der Waals surface area contributed by atoms with E-state index in [0.717, 1.165) is 26.5 Å². The average Bonchev–Trinajstić information content (AvgIpc) is 2.76. The molecule has 2 aromatic heterocycles. The number of hydrogen-bond acceptors (Lipinski definition) is 3. The third-order valence-electron chi connectivity index (χ3n) is 2.51. The number of anilines is 2. The van der Waals surface area contributed by atoms with E-state index < -0.39 is 0 Å². The van der Waals surface area contributed by atoms with Crippen LogP contribution < -0.4 is 5.32 Å². The minimum atomic E-state index is 0. The van der Waals surface area contributed by atoms with Crippen LogP contribution in [0.25, 0.3) is 10.1 Å². The second-order valence-corrected chi connectivity index (χ2v) is 4.91. The number of rotatable bonds is 2. The highest BCUT2D eigenvalue weighted by atomic mass is 35.5. The number of benzene rings is 1. The van der Waals surface area contributed by atoms with E-state index >= 15 is 0 Å². The smallest absolute Gasteiger partial charge is 0.0585 e. The molecule has 18 heavy (non-hydrogen) atoms. The molecule has 0 atom stereocenters. The Morgan fingerprint density at radius 1 is 1.11 bits per heavy atom. The van der Waals surface area contributed by atoms with Crippen molar-refractivity contribution in [2.45, 2.75) is 0 Å². The van der Waals surface area contributed by atoms with Crippen LogP contribution in [-0.2, 0) is 0 Å². The molecule has 5 heteroatoms. The summed E-state index contributed by atoms with van der Waals surface area (Å²) in [6.07, 6.45) is 3.54. The van der Waals surface area contributed by atoms with Gasteiger partial charge in [-0.15, -0.1) is 23.7 Å². The molecule has 0 saturated heterocycles. The van der Waals surface area contributed by atoms with Crippen molar-refractivity contribution in [1.29, 1.82) is 0 Å². The number of halogens is 2. The molecular weight excluding hydrogens is 287 g/mol. The average molecular weight is 297 g/mol. The van der Waals surface area contributed by atoms with Crippen LogP contribution >= 0.6 is 35.3 Å². The first-order valence-electron chi connectivity index (χ1n) is 5.17. The van der Waals surface area contributed by atoms with Gasteiger partial charge < -0.3 is 5.32 Å². The van der Waals surface area contributed by atoms with E-state index in [9.17, 15) is 0 Å². The molecule has 2 heterocycles. The highest BCUT2D eigenvalue weighted by Gasteiger charge is 2.06. The standard InChI is InChI=1S/C13H9ClN2S.ClH/c14-11-3-1-2-10-12(8-17-13(10)11)16-9-4-6-15-7-5-9;/h1-8H,(H,15,16);1H. The molecule has 0 amide bonds. The maximum Gasteiger partial charge on any atom is 0.0585 e. The number of nitrogens with one attached hydrogen (secondary N) is 1. The van der Waals surface area contributed by atoms with Gasteiger partial charge in [0.05, 0.1) is 15.4 Å². The zero-order chi connectivity index (χ0) is 11.7. The van der Waals surface area contributed by atoms with Crippen molar-refractivity contribution in [1.82, 2.24) is 4.98 Å². The maximum atomic E-state index is 6.15. The predicted molar refractivity (Wildman–Crippen MR) is 81.6 cm³/mol. The molecule has 3 rings (SSSR count). The van der Waals surface area contributed by atoms with E-state index in [1.807, 2.05) is 24.3 Å². The van der Waals surface area contributed by atoms with E-state index in [2.05, 4.69) is 21.7 Å². The molecule has 0 radical (unpaired) electrons. The van der Waals surface area contributed by atoms with Gasteiger partial charge in [0.15, 0.2) is 0 Å². The Morgan fingerprint density at radius 3 is 2.67 bits per heavy atom. The molecule has 1 aromatic carbocycles. The summed E-state index contributed by atoms with van der Waals surface area (Å²) >= 11 is 7.80. The molecule has 3 aromatic rings. The zero-order valence-corrected chi connectivity index (χ0v) is 11.6. The third kappa shape index (κ3) is 2.43. The second kappa shape index (κ2) is 5.57. The van der Waals surface area contributed by atoms with Crippen LogP contribution in [0.4, 0.5) is 11.4 Å². The van der Waals surface area contributed by atoms with Crippen LogP contribution in [0.5, 0.6) is 0 Å². The monoisotopic (exact) mass is 296 g/mol. The molecule has 0 bridgehead atoms. The number of aromatic nitrogens is 1. The van der Waals surface area contributed by atoms with Crippen molar-refractivity contribution in [2.24, 2.45) is 0 Å². The summed E-state index contributed by atoms with van der Waals surface area (Å²) in [4.78, 5) is 3.99. The normalized spacial score (nSPS) is 10.1. The first-order chi connectivity index (χ1) is 8.34. The Hall–Kier alpha value is -1.29. The number of pyridine rings is 1. The minimum Gasteiger partial charge on any atom is -0.354 e. The number of hydrogen-bond donors (Lipinski definition) is 1. The molecule has 0 aliphatic carbocycles. The van der Waals surface area contributed by atoms with Crippen molar-refractivity contribution in [3.63, 3.8) is 0 Å². The van der Waals surface area contributed by atoms with Gasteiger partial charge in [-0.2, -0.15) is 0 Å². The summed E-state index contributed by atoms with van der Waals surface area (Å²) in [5.74, 6) is 0. The Kier molecular flexibility index (Phi) is 4.07. The fourth-order valence-electron chi connectivity index (χ4n) is 1.71. The Bertz CT molecular complexity index is 652. The van der Waals surface area contributed by atoms with Gasteiger partial charge in [0.1, 0.15) is 0 Å². The van der Waals surface area contributed by atoms with Crippen molar-refractivity contribution < 1.29 is 0 Å². The van der Waals surface area contributed by atoms with Gasteiger partial charge in [0.25, 0.3) is 0 Å². The molecule has 92 valence electrons. The molecule has 0 unspecified atom stereocenters. The first kappa shape index (κ1) is 13.1. The lowest BCUT2D eigenvalue weighted by Gasteiger charge is -2.04. The fraction of sp³-hybridized carbons (Fsp3) is 0. The van der Waals surface area contributed by atoms with E-state index in [0.29, 0.717) is 0 Å². The summed E-state index contributed by atoms with van der Waals surface area (Å²) in [7, 11) is 0. The summed E-state index contributed by atoms with van der Waals surface area (Å²) in [5.41, 5.74) is 2.11. The zero-order valence-electron chi connectivity index (χ0n) is 9.26. The quantitative estimate of drug-likeness (QED) is 0.710. The van der Waals surface area contributed by atoms with Gasteiger partial charge >= 0.3 is 0 Å². The van der Waals surface area contributed by atoms with Gasteiger partial charge in [-0.3, -0.25) is 4.98 Å². The Labute approximate surface area is 120 Å². The first-order valence-corrected chi connectivity index (χ1v) is 6.43. The lowest BCUT2D eigenvalue weighted by molar-refractivity contribution is 1.33. The summed E-state index contributed by atoms with van der Waals surface area (Å²) < 4.78 is 1.12. The predicted octanol–water partition coefficient (Wildman–Crippen LogP) is 5.12. The SMILES string of the molecule is Cl.Clc1cccc2c(Nc3ccncc3)csc12. The van der Waals surface area contributed by atoms with E-state index in [1.165, 1.54) is 0 Å². The van der Waals surface area contributed by atoms with Crippen LogP contribution in [0.2, 0.25) is 5.02 Å². The van der Waals surface area contributed by atoms with Gasteiger partial charge in [-0.25, -0.2) is 0 Å². The molecule has 2 nitrogen and oxygen atoms in total.